The normalized spacial score (nSPS) is 21.0. The number of aromatic nitrogens is 1. The maximum absolute atomic E-state index is 15.1. The molecule has 2 aliphatic rings. The molecule has 2 fully saturated rings. The summed E-state index contributed by atoms with van der Waals surface area (Å²) in [6, 6.07) is 9.40. The minimum absolute atomic E-state index is 0.0234. The number of amides is 1. The summed E-state index contributed by atoms with van der Waals surface area (Å²) in [4.78, 5) is 20.8. The van der Waals surface area contributed by atoms with Gasteiger partial charge in [-0.05, 0) is 44.2 Å². The Bertz CT molecular complexity index is 981. The molecular weight excluding hydrogens is 423 g/mol. The highest BCUT2D eigenvalue weighted by Gasteiger charge is 2.30. The number of carbonyl (C=O) groups excluding carboxylic acids is 1. The largest absolute Gasteiger partial charge is 0.378 e. The summed E-state index contributed by atoms with van der Waals surface area (Å²) in [6.07, 6.45) is 4.23. The maximum atomic E-state index is 15.1. The number of halogens is 1. The van der Waals surface area contributed by atoms with Crippen LogP contribution in [0.5, 0.6) is 0 Å². The van der Waals surface area contributed by atoms with Crippen molar-refractivity contribution in [1.29, 1.82) is 0 Å². The average Bonchev–Trinajstić information content (AvgIpc) is 2.85. The third kappa shape index (κ3) is 5.20. The van der Waals surface area contributed by atoms with Crippen LogP contribution in [0.15, 0.2) is 30.3 Å². The van der Waals surface area contributed by atoms with Gasteiger partial charge in [0, 0.05) is 43.6 Å². The molecule has 33 heavy (non-hydrogen) atoms. The standard InChI is InChI=1S/C24H33FN6O2/c1-27-20-8-3-4-9-21(20)30(2)24-19(25)15-18(22(26)32)23(29-24)28-16-6-5-7-17(14-16)31-10-12-33-13-11-31/h5-7,14-15,20-21,27H,3-4,8-13H2,1-2H3,(H2,26,32)(H,28,29). The Morgan fingerprint density at radius 1 is 1.24 bits per heavy atom. The summed E-state index contributed by atoms with van der Waals surface area (Å²) in [7, 11) is 3.80. The first-order valence-electron chi connectivity index (χ1n) is 11.6. The SMILES string of the molecule is CNC1CCCCC1N(C)c1nc(Nc2cccc(N3CCOCC3)c2)c(C(N)=O)cc1F. The minimum Gasteiger partial charge on any atom is -0.378 e. The predicted molar refractivity (Wildman–Crippen MR) is 129 cm³/mol. The van der Waals surface area contributed by atoms with Gasteiger partial charge < -0.3 is 30.9 Å². The Balaban J connectivity index is 1.64. The second-order valence-electron chi connectivity index (χ2n) is 8.69. The van der Waals surface area contributed by atoms with Gasteiger partial charge in [-0.1, -0.05) is 18.9 Å². The van der Waals surface area contributed by atoms with E-state index < -0.39 is 11.7 Å². The molecule has 2 unspecified atom stereocenters. The first-order chi connectivity index (χ1) is 16.0. The fourth-order valence-electron chi connectivity index (χ4n) is 4.82. The molecule has 0 bridgehead atoms. The number of hydrogen-bond donors (Lipinski definition) is 3. The van der Waals surface area contributed by atoms with Crippen molar-refractivity contribution in [2.75, 3.05) is 55.5 Å². The van der Waals surface area contributed by atoms with Crippen LogP contribution in [0.1, 0.15) is 36.0 Å². The van der Waals surface area contributed by atoms with Crippen molar-refractivity contribution < 1.29 is 13.9 Å². The molecule has 9 heteroatoms. The number of ether oxygens (including phenoxy) is 1. The molecular formula is C24H33FN6O2. The van der Waals surface area contributed by atoms with E-state index in [1.54, 1.807) is 0 Å². The van der Waals surface area contributed by atoms with Gasteiger partial charge in [-0.15, -0.1) is 0 Å². The molecule has 1 aliphatic carbocycles. The number of pyridine rings is 1. The average molecular weight is 457 g/mol. The second kappa shape index (κ2) is 10.4. The van der Waals surface area contributed by atoms with E-state index in [-0.39, 0.29) is 29.3 Å². The summed E-state index contributed by atoms with van der Waals surface area (Å²) in [5.74, 6) is -0.826. The van der Waals surface area contributed by atoms with Gasteiger partial charge in [0.15, 0.2) is 11.6 Å². The molecule has 0 radical (unpaired) electrons. The summed E-state index contributed by atoms with van der Waals surface area (Å²) in [5, 5.41) is 6.56. The summed E-state index contributed by atoms with van der Waals surface area (Å²) in [5.41, 5.74) is 7.38. The minimum atomic E-state index is -0.729. The molecule has 2 aromatic rings. The molecule has 1 aliphatic heterocycles. The van der Waals surface area contributed by atoms with E-state index in [1.165, 1.54) is 6.07 Å². The van der Waals surface area contributed by atoms with Gasteiger partial charge in [0.05, 0.1) is 18.8 Å². The molecule has 1 amide bonds. The van der Waals surface area contributed by atoms with Crippen molar-refractivity contribution in [3.05, 3.63) is 41.7 Å². The van der Waals surface area contributed by atoms with Gasteiger partial charge in [-0.3, -0.25) is 4.79 Å². The Hall–Kier alpha value is -2.91. The Kier molecular flexibility index (Phi) is 7.29. The number of nitrogens with zero attached hydrogens (tertiary/aromatic N) is 3. The molecule has 0 spiro atoms. The van der Waals surface area contributed by atoms with Crippen LogP contribution in [0, 0.1) is 5.82 Å². The fraction of sp³-hybridized carbons (Fsp3) is 0.500. The second-order valence-corrected chi connectivity index (χ2v) is 8.69. The monoisotopic (exact) mass is 456 g/mol. The van der Waals surface area contributed by atoms with Crippen molar-refractivity contribution in [2.45, 2.75) is 37.8 Å². The van der Waals surface area contributed by atoms with Crippen molar-refractivity contribution >= 4 is 28.9 Å². The van der Waals surface area contributed by atoms with E-state index in [9.17, 15) is 4.79 Å². The molecule has 1 aromatic carbocycles. The van der Waals surface area contributed by atoms with Gasteiger partial charge in [-0.2, -0.15) is 0 Å². The smallest absolute Gasteiger partial charge is 0.252 e. The topological polar surface area (TPSA) is 95.8 Å². The number of nitrogens with one attached hydrogen (secondary N) is 2. The Morgan fingerprint density at radius 3 is 2.73 bits per heavy atom. The first-order valence-corrected chi connectivity index (χ1v) is 11.6. The number of carbonyl (C=O) groups is 1. The Labute approximate surface area is 194 Å². The molecule has 4 N–H and O–H groups in total. The quantitative estimate of drug-likeness (QED) is 0.590. The fourth-order valence-corrected chi connectivity index (χ4v) is 4.82. The lowest BCUT2D eigenvalue weighted by Gasteiger charge is -2.38. The maximum Gasteiger partial charge on any atom is 0.252 e. The molecule has 2 heterocycles. The van der Waals surface area contributed by atoms with Gasteiger partial charge in [0.1, 0.15) is 5.82 Å². The lowest BCUT2D eigenvalue weighted by Crippen LogP contribution is -2.50. The molecule has 2 atom stereocenters. The van der Waals surface area contributed by atoms with Crippen LogP contribution >= 0.6 is 0 Å². The van der Waals surface area contributed by atoms with Crippen molar-refractivity contribution in [1.82, 2.24) is 10.3 Å². The predicted octanol–water partition coefficient (Wildman–Crippen LogP) is 2.87. The third-order valence-corrected chi connectivity index (χ3v) is 6.64. The number of benzene rings is 1. The van der Waals surface area contributed by atoms with Crippen LogP contribution in [-0.2, 0) is 4.74 Å². The highest BCUT2D eigenvalue weighted by molar-refractivity contribution is 5.98. The summed E-state index contributed by atoms with van der Waals surface area (Å²) >= 11 is 0. The lowest BCUT2D eigenvalue weighted by molar-refractivity contribution is 0.100. The van der Waals surface area contributed by atoms with Gasteiger partial charge in [0.25, 0.3) is 5.91 Å². The number of likely N-dealkylation sites (N-methyl/N-ethyl adjacent to an activating group) is 2. The van der Waals surface area contributed by atoms with Crippen molar-refractivity contribution in [2.24, 2.45) is 5.73 Å². The van der Waals surface area contributed by atoms with Crippen molar-refractivity contribution in [3.63, 3.8) is 0 Å². The van der Waals surface area contributed by atoms with Gasteiger partial charge in [-0.25, -0.2) is 9.37 Å². The van der Waals surface area contributed by atoms with E-state index in [1.807, 2.05) is 43.3 Å². The van der Waals surface area contributed by atoms with Gasteiger partial charge >= 0.3 is 0 Å². The number of primary amides is 1. The molecule has 1 saturated heterocycles. The van der Waals surface area contributed by atoms with E-state index in [0.29, 0.717) is 13.2 Å². The van der Waals surface area contributed by atoms with E-state index in [4.69, 9.17) is 10.5 Å². The molecule has 8 nitrogen and oxygen atoms in total. The Morgan fingerprint density at radius 2 is 2.00 bits per heavy atom. The van der Waals surface area contributed by atoms with E-state index in [2.05, 4.69) is 20.5 Å². The van der Waals surface area contributed by atoms with Crippen LogP contribution in [0.25, 0.3) is 0 Å². The number of anilines is 4. The number of morpholine rings is 1. The number of nitrogens with two attached hydrogens (primary N) is 1. The molecule has 178 valence electrons. The van der Waals surface area contributed by atoms with Crippen LogP contribution in [-0.4, -0.2) is 63.4 Å². The van der Waals surface area contributed by atoms with Crippen LogP contribution in [0.3, 0.4) is 0 Å². The first kappa shape index (κ1) is 23.3. The lowest BCUT2D eigenvalue weighted by atomic mass is 9.89. The molecule has 1 saturated carbocycles. The van der Waals surface area contributed by atoms with Gasteiger partial charge in [0.2, 0.25) is 0 Å². The van der Waals surface area contributed by atoms with Crippen molar-refractivity contribution in [3.8, 4) is 0 Å². The third-order valence-electron chi connectivity index (χ3n) is 6.64. The highest BCUT2D eigenvalue weighted by atomic mass is 19.1. The summed E-state index contributed by atoms with van der Waals surface area (Å²) in [6.45, 7) is 3.00. The highest BCUT2D eigenvalue weighted by Crippen LogP contribution is 2.31. The van der Waals surface area contributed by atoms with Crippen LogP contribution in [0.2, 0.25) is 0 Å². The van der Waals surface area contributed by atoms with E-state index in [0.717, 1.165) is 50.1 Å². The zero-order chi connectivity index (χ0) is 23.4. The van der Waals surface area contributed by atoms with E-state index >= 15 is 4.39 Å². The zero-order valence-electron chi connectivity index (χ0n) is 19.3. The summed E-state index contributed by atoms with van der Waals surface area (Å²) < 4.78 is 20.5. The van der Waals surface area contributed by atoms with Crippen LogP contribution < -0.4 is 26.2 Å². The molecule has 1 aromatic heterocycles. The molecule has 4 rings (SSSR count). The van der Waals surface area contributed by atoms with Crippen LogP contribution in [0.4, 0.5) is 27.4 Å². The zero-order valence-corrected chi connectivity index (χ0v) is 19.3. The number of hydrogen-bond acceptors (Lipinski definition) is 7. The number of rotatable bonds is 7.